The highest BCUT2D eigenvalue weighted by atomic mass is 19.3. The number of aromatic amines is 1. The van der Waals surface area contributed by atoms with Crippen LogP contribution in [0.5, 0.6) is 5.88 Å². The number of carbonyl (C=O) groups is 1. The van der Waals surface area contributed by atoms with Crippen LogP contribution in [0.15, 0.2) is 35.1 Å². The van der Waals surface area contributed by atoms with E-state index in [1.165, 1.54) is 37.3 Å². The summed E-state index contributed by atoms with van der Waals surface area (Å²) in [6.07, 6.45) is 0. The molecule has 0 fully saturated rings. The molecule has 2 aromatic heterocycles. The fraction of sp³-hybridized carbons (Fsp3) is 0.261. The summed E-state index contributed by atoms with van der Waals surface area (Å²) < 4.78 is 65.5. The number of nitrogens with zero attached hydrogens (tertiary/aromatic N) is 3. The maximum absolute atomic E-state index is 14.1. The lowest BCUT2D eigenvalue weighted by molar-refractivity contribution is 0.0336. The second-order valence-electron chi connectivity index (χ2n) is 8.07. The molecule has 0 aliphatic carbocycles. The first kappa shape index (κ1) is 22.8. The van der Waals surface area contributed by atoms with E-state index in [-0.39, 0.29) is 40.9 Å². The van der Waals surface area contributed by atoms with Gasteiger partial charge in [0.2, 0.25) is 5.88 Å². The van der Waals surface area contributed by atoms with Crippen molar-refractivity contribution in [1.82, 2.24) is 19.7 Å². The highest BCUT2D eigenvalue weighted by Gasteiger charge is 2.32. The Balaban J connectivity index is 1.58. The zero-order valence-electron chi connectivity index (χ0n) is 18.4. The first-order valence-electron chi connectivity index (χ1n) is 10.4. The number of benzene rings is 2. The van der Waals surface area contributed by atoms with Crippen molar-refractivity contribution in [3.63, 3.8) is 0 Å². The summed E-state index contributed by atoms with van der Waals surface area (Å²) in [5, 5.41) is 4.26. The van der Waals surface area contributed by atoms with Gasteiger partial charge in [0, 0.05) is 23.9 Å². The van der Waals surface area contributed by atoms with Gasteiger partial charge >= 0.3 is 6.55 Å². The fourth-order valence-electron chi connectivity index (χ4n) is 4.44. The summed E-state index contributed by atoms with van der Waals surface area (Å²) in [5.74, 6) is -2.93. The molecule has 182 valence electrons. The summed E-state index contributed by atoms with van der Waals surface area (Å²) in [7, 11) is 2.73. The number of hydrogen-bond acceptors (Lipinski definition) is 5. The number of pyridine rings is 1. The number of H-pyrrole nitrogens is 1. The second kappa shape index (κ2) is 8.38. The van der Waals surface area contributed by atoms with Crippen molar-refractivity contribution >= 4 is 27.6 Å². The summed E-state index contributed by atoms with van der Waals surface area (Å²) in [6, 6.07) is 5.27. The summed E-state index contributed by atoms with van der Waals surface area (Å²) in [4.78, 5) is 29.7. The van der Waals surface area contributed by atoms with Crippen molar-refractivity contribution in [2.75, 3.05) is 20.8 Å². The molecule has 1 aliphatic heterocycles. The third-order valence-electron chi connectivity index (χ3n) is 6.10. The number of fused-ring (bicyclic) bond motifs is 4. The van der Waals surface area contributed by atoms with Gasteiger partial charge in [-0.3, -0.25) is 9.59 Å². The fourth-order valence-corrected chi connectivity index (χ4v) is 4.44. The number of aromatic nitrogens is 3. The topological polar surface area (TPSA) is 89.4 Å². The van der Waals surface area contributed by atoms with Crippen molar-refractivity contribution in [2.24, 2.45) is 0 Å². The minimum absolute atomic E-state index is 0.0227. The smallest absolute Gasteiger partial charge is 0.336 e. The van der Waals surface area contributed by atoms with E-state index in [2.05, 4.69) is 10.1 Å². The summed E-state index contributed by atoms with van der Waals surface area (Å²) >= 11 is 0. The maximum atomic E-state index is 14.1. The molecule has 1 unspecified atom stereocenters. The standard InChI is InChI=1S/C23H18F4N4O4/c1-30(21(33)10-3-4-11-16(5-10)29-31(23(26)27)22(11)34-2)18-9-35-8-17-19(18)12-6-14(24)15(25)7-13(12)20(32)28-17/h3-7,18,23H,8-9H2,1-2H3,(H,28,32). The van der Waals surface area contributed by atoms with Crippen LogP contribution in [0.2, 0.25) is 0 Å². The number of halogens is 4. The molecule has 0 saturated heterocycles. The number of alkyl halides is 2. The largest absolute Gasteiger partial charge is 0.481 e. The Morgan fingerprint density at radius 3 is 2.60 bits per heavy atom. The molecule has 1 amide bonds. The van der Waals surface area contributed by atoms with Gasteiger partial charge in [-0.2, -0.15) is 18.6 Å². The van der Waals surface area contributed by atoms with E-state index in [0.717, 1.165) is 12.1 Å². The van der Waals surface area contributed by atoms with Gasteiger partial charge in [-0.05, 0) is 35.7 Å². The second-order valence-corrected chi connectivity index (χ2v) is 8.07. The van der Waals surface area contributed by atoms with E-state index in [0.29, 0.717) is 21.3 Å². The van der Waals surface area contributed by atoms with Gasteiger partial charge < -0.3 is 19.4 Å². The highest BCUT2D eigenvalue weighted by molar-refractivity contribution is 5.99. The molecular formula is C23H18F4N4O4. The van der Waals surface area contributed by atoms with Crippen molar-refractivity contribution in [3.8, 4) is 5.88 Å². The molecule has 2 aromatic carbocycles. The van der Waals surface area contributed by atoms with Gasteiger partial charge in [0.15, 0.2) is 11.6 Å². The van der Waals surface area contributed by atoms with Gasteiger partial charge in [-0.1, -0.05) is 0 Å². The summed E-state index contributed by atoms with van der Waals surface area (Å²) in [6.45, 7) is -2.88. The number of methoxy groups -OCH3 is 1. The molecule has 35 heavy (non-hydrogen) atoms. The van der Waals surface area contributed by atoms with Crippen LogP contribution in [0.1, 0.15) is 34.2 Å². The van der Waals surface area contributed by atoms with E-state index < -0.39 is 35.7 Å². The molecule has 0 spiro atoms. The Bertz CT molecular complexity index is 1550. The lowest BCUT2D eigenvalue weighted by Crippen LogP contribution is -2.37. The Kier molecular flexibility index (Phi) is 5.47. The number of rotatable bonds is 4. The van der Waals surface area contributed by atoms with Gasteiger partial charge in [-0.25, -0.2) is 8.78 Å². The SMILES string of the molecule is COc1c2ccc(C(=O)N(C)C3COCc4[nH]c(=O)c5cc(F)c(F)cc5c43)cc2nn1C(F)F. The van der Waals surface area contributed by atoms with E-state index in [9.17, 15) is 27.2 Å². The third kappa shape index (κ3) is 3.60. The molecule has 3 heterocycles. The summed E-state index contributed by atoms with van der Waals surface area (Å²) in [5.41, 5.74) is 0.462. The van der Waals surface area contributed by atoms with Gasteiger partial charge in [-0.15, -0.1) is 0 Å². The quantitative estimate of drug-likeness (QED) is 0.439. The van der Waals surface area contributed by atoms with Crippen molar-refractivity contribution < 1.29 is 31.8 Å². The average Bonchev–Trinajstić information content (AvgIpc) is 3.22. The molecule has 4 aromatic rings. The third-order valence-corrected chi connectivity index (χ3v) is 6.10. The molecule has 1 aliphatic rings. The predicted octanol–water partition coefficient (Wildman–Crippen LogP) is 3.90. The predicted molar refractivity (Wildman–Crippen MR) is 117 cm³/mol. The van der Waals surface area contributed by atoms with Crippen LogP contribution < -0.4 is 10.3 Å². The van der Waals surface area contributed by atoms with Crippen molar-refractivity contribution in [2.45, 2.75) is 19.2 Å². The van der Waals surface area contributed by atoms with Crippen LogP contribution in [0, 0.1) is 11.6 Å². The number of ether oxygens (including phenoxy) is 2. The molecule has 0 bridgehead atoms. The monoisotopic (exact) mass is 490 g/mol. The van der Waals surface area contributed by atoms with Crippen LogP contribution >= 0.6 is 0 Å². The lowest BCUT2D eigenvalue weighted by atomic mass is 9.95. The Labute approximate surface area is 194 Å². The molecule has 1 atom stereocenters. The van der Waals surface area contributed by atoms with Gasteiger partial charge in [0.05, 0.1) is 42.7 Å². The van der Waals surface area contributed by atoms with E-state index in [1.807, 2.05) is 0 Å². The molecule has 1 N–H and O–H groups in total. The molecule has 12 heteroatoms. The van der Waals surface area contributed by atoms with Crippen LogP contribution in [-0.2, 0) is 11.3 Å². The van der Waals surface area contributed by atoms with Crippen LogP contribution in [-0.4, -0.2) is 46.3 Å². The molecule has 5 rings (SSSR count). The lowest BCUT2D eigenvalue weighted by Gasteiger charge is -2.34. The molecule has 0 saturated carbocycles. The first-order valence-corrected chi connectivity index (χ1v) is 10.4. The minimum Gasteiger partial charge on any atom is -0.481 e. The van der Waals surface area contributed by atoms with Crippen molar-refractivity contribution in [1.29, 1.82) is 0 Å². The van der Waals surface area contributed by atoms with Crippen LogP contribution in [0.3, 0.4) is 0 Å². The maximum Gasteiger partial charge on any atom is 0.336 e. The Hall–Kier alpha value is -3.93. The van der Waals surface area contributed by atoms with E-state index >= 15 is 0 Å². The average molecular weight is 490 g/mol. The molecule has 0 radical (unpaired) electrons. The number of nitrogens with one attached hydrogen (secondary N) is 1. The van der Waals surface area contributed by atoms with Crippen LogP contribution in [0.4, 0.5) is 17.6 Å². The number of hydrogen-bond donors (Lipinski definition) is 1. The molecule has 8 nitrogen and oxygen atoms in total. The van der Waals surface area contributed by atoms with Crippen LogP contribution in [0.25, 0.3) is 21.7 Å². The van der Waals surface area contributed by atoms with Crippen molar-refractivity contribution in [3.05, 3.63) is 69.1 Å². The zero-order chi connectivity index (χ0) is 25.0. The van der Waals surface area contributed by atoms with Gasteiger partial charge in [0.25, 0.3) is 11.5 Å². The Morgan fingerprint density at radius 1 is 1.20 bits per heavy atom. The number of carbonyl (C=O) groups excluding carboxylic acids is 1. The first-order chi connectivity index (χ1) is 16.7. The Morgan fingerprint density at radius 2 is 1.91 bits per heavy atom. The molecular weight excluding hydrogens is 472 g/mol. The zero-order valence-corrected chi connectivity index (χ0v) is 18.4. The van der Waals surface area contributed by atoms with Gasteiger partial charge in [0.1, 0.15) is 0 Å². The normalized spacial score (nSPS) is 15.6. The van der Waals surface area contributed by atoms with E-state index in [1.54, 1.807) is 0 Å². The number of amides is 1. The highest BCUT2D eigenvalue weighted by Crippen LogP contribution is 2.35. The number of likely N-dealkylation sites (N-methyl/N-ethyl adjacent to an activating group) is 1. The minimum atomic E-state index is -2.93. The van der Waals surface area contributed by atoms with E-state index in [4.69, 9.17) is 9.47 Å².